The Labute approximate surface area is 185 Å². The van der Waals surface area contributed by atoms with Crippen molar-refractivity contribution in [3.8, 4) is 0 Å². The first-order valence-corrected chi connectivity index (χ1v) is 10.7. The maximum atomic E-state index is 12.5. The standard InChI is InChI=1S/C21H39N5O5/c1-6-7-8-11-17(26-20(30)31-21(3,4)5)19(29)24-13-18(28)25-16(14-27)10-9-12-23-15(2)22/h14,16-17,23H,2,6-13,22H2,1,3-5H3,(H,24,29)(H,25,28)(H,26,30)/t16-,17+/m0/s1. The largest absolute Gasteiger partial charge is 0.444 e. The van der Waals surface area contributed by atoms with Gasteiger partial charge in [0.1, 0.15) is 17.9 Å². The van der Waals surface area contributed by atoms with Crippen LogP contribution in [0.3, 0.4) is 0 Å². The fraction of sp³-hybridized carbons (Fsp3) is 0.714. The van der Waals surface area contributed by atoms with Gasteiger partial charge in [-0.3, -0.25) is 9.59 Å². The van der Waals surface area contributed by atoms with Crippen LogP contribution in [0.1, 0.15) is 66.2 Å². The molecule has 0 aliphatic carbocycles. The van der Waals surface area contributed by atoms with Crippen molar-refractivity contribution in [2.45, 2.75) is 83.9 Å². The van der Waals surface area contributed by atoms with Gasteiger partial charge in [-0.25, -0.2) is 4.79 Å². The summed E-state index contributed by atoms with van der Waals surface area (Å²) in [5.41, 5.74) is 4.70. The smallest absolute Gasteiger partial charge is 0.408 e. The zero-order chi connectivity index (χ0) is 23.9. The van der Waals surface area contributed by atoms with E-state index in [4.69, 9.17) is 10.5 Å². The lowest BCUT2D eigenvalue weighted by Gasteiger charge is -2.23. The Morgan fingerprint density at radius 2 is 1.74 bits per heavy atom. The monoisotopic (exact) mass is 441 g/mol. The summed E-state index contributed by atoms with van der Waals surface area (Å²) < 4.78 is 5.21. The van der Waals surface area contributed by atoms with Crippen LogP contribution < -0.4 is 27.0 Å². The third-order valence-electron chi connectivity index (χ3n) is 4.08. The fourth-order valence-electron chi connectivity index (χ4n) is 2.61. The van der Waals surface area contributed by atoms with E-state index in [-0.39, 0.29) is 6.54 Å². The highest BCUT2D eigenvalue weighted by Crippen LogP contribution is 2.09. The number of carbonyl (C=O) groups excluding carboxylic acids is 4. The van der Waals surface area contributed by atoms with E-state index >= 15 is 0 Å². The highest BCUT2D eigenvalue weighted by molar-refractivity contribution is 5.90. The van der Waals surface area contributed by atoms with Crippen LogP contribution >= 0.6 is 0 Å². The van der Waals surface area contributed by atoms with Crippen molar-refractivity contribution in [3.05, 3.63) is 12.4 Å². The van der Waals surface area contributed by atoms with Crippen LogP contribution in [0.5, 0.6) is 0 Å². The molecule has 3 amide bonds. The topological polar surface area (TPSA) is 152 Å². The molecule has 0 heterocycles. The van der Waals surface area contributed by atoms with Crippen LogP contribution in [0.2, 0.25) is 0 Å². The van der Waals surface area contributed by atoms with E-state index in [1.807, 2.05) is 6.92 Å². The predicted octanol–water partition coefficient (Wildman–Crippen LogP) is 1.06. The van der Waals surface area contributed by atoms with Crippen molar-refractivity contribution in [1.29, 1.82) is 0 Å². The Kier molecular flexibility index (Phi) is 13.7. The number of unbranched alkanes of at least 4 members (excludes halogenated alkanes) is 2. The normalized spacial score (nSPS) is 12.8. The maximum Gasteiger partial charge on any atom is 0.408 e. The second kappa shape index (κ2) is 15.1. The molecule has 0 saturated carbocycles. The molecule has 178 valence electrons. The van der Waals surface area contributed by atoms with Gasteiger partial charge < -0.3 is 36.5 Å². The van der Waals surface area contributed by atoms with E-state index in [0.717, 1.165) is 19.3 Å². The van der Waals surface area contributed by atoms with Gasteiger partial charge in [-0.15, -0.1) is 0 Å². The molecule has 0 rings (SSSR count). The highest BCUT2D eigenvalue weighted by Gasteiger charge is 2.24. The van der Waals surface area contributed by atoms with Gasteiger partial charge in [0.05, 0.1) is 18.4 Å². The second-order valence-electron chi connectivity index (χ2n) is 8.32. The summed E-state index contributed by atoms with van der Waals surface area (Å²) in [6.45, 7) is 11.0. The zero-order valence-corrected chi connectivity index (χ0v) is 19.2. The molecule has 0 aromatic heterocycles. The molecule has 0 aliphatic heterocycles. The lowest BCUT2D eigenvalue weighted by atomic mass is 10.1. The molecular formula is C21H39N5O5. The SMILES string of the molecule is C=C(N)NCCC[C@@H](C=O)NC(=O)CNC(=O)[C@@H](CCCCC)NC(=O)OC(C)(C)C. The van der Waals surface area contributed by atoms with Gasteiger partial charge in [0, 0.05) is 6.54 Å². The molecule has 0 fully saturated rings. The number of rotatable bonds is 15. The first-order valence-electron chi connectivity index (χ1n) is 10.7. The minimum atomic E-state index is -0.813. The van der Waals surface area contributed by atoms with E-state index in [1.54, 1.807) is 20.8 Å². The molecule has 10 nitrogen and oxygen atoms in total. The molecule has 6 N–H and O–H groups in total. The summed E-state index contributed by atoms with van der Waals surface area (Å²) in [7, 11) is 0. The average Bonchev–Trinajstić information content (AvgIpc) is 2.66. The number of ether oxygens (including phenoxy) is 1. The Morgan fingerprint density at radius 3 is 2.29 bits per heavy atom. The number of hydrogen-bond acceptors (Lipinski definition) is 7. The summed E-state index contributed by atoms with van der Waals surface area (Å²) in [5.74, 6) is -0.639. The molecule has 0 aliphatic rings. The van der Waals surface area contributed by atoms with Crippen LogP contribution in [0, 0.1) is 0 Å². The summed E-state index contributed by atoms with van der Waals surface area (Å²) in [6, 6.07) is -1.48. The number of amides is 3. The van der Waals surface area contributed by atoms with Crippen LogP contribution in [0.4, 0.5) is 4.79 Å². The lowest BCUT2D eigenvalue weighted by molar-refractivity contribution is -0.128. The molecule has 0 aromatic rings. The number of nitrogens with one attached hydrogen (secondary N) is 4. The molecular weight excluding hydrogens is 402 g/mol. The van der Waals surface area contributed by atoms with E-state index in [1.165, 1.54) is 0 Å². The summed E-state index contributed by atoms with van der Waals surface area (Å²) in [6.07, 6.45) is 4.02. The molecule has 31 heavy (non-hydrogen) atoms. The van der Waals surface area contributed by atoms with Gasteiger partial charge in [0.25, 0.3) is 0 Å². The average molecular weight is 442 g/mol. The van der Waals surface area contributed by atoms with Crippen molar-refractivity contribution in [2.24, 2.45) is 5.73 Å². The van der Waals surface area contributed by atoms with Crippen LogP contribution in [0.25, 0.3) is 0 Å². The van der Waals surface area contributed by atoms with Gasteiger partial charge in [-0.2, -0.15) is 0 Å². The van der Waals surface area contributed by atoms with Gasteiger partial charge in [-0.1, -0.05) is 32.8 Å². The Hall–Kier alpha value is -2.78. The Bertz CT molecular complexity index is 603. The van der Waals surface area contributed by atoms with E-state index in [0.29, 0.717) is 37.9 Å². The molecule has 0 unspecified atom stereocenters. The maximum absolute atomic E-state index is 12.5. The predicted molar refractivity (Wildman–Crippen MR) is 119 cm³/mol. The second-order valence-corrected chi connectivity index (χ2v) is 8.32. The third-order valence-corrected chi connectivity index (χ3v) is 4.08. The van der Waals surface area contributed by atoms with Crippen molar-refractivity contribution >= 4 is 24.2 Å². The molecule has 0 saturated heterocycles. The van der Waals surface area contributed by atoms with Crippen LogP contribution in [-0.4, -0.2) is 55.0 Å². The lowest BCUT2D eigenvalue weighted by Crippen LogP contribution is -2.50. The van der Waals surface area contributed by atoms with Crippen molar-refractivity contribution in [3.63, 3.8) is 0 Å². The first-order chi connectivity index (χ1) is 14.5. The molecule has 0 spiro atoms. The van der Waals surface area contributed by atoms with Crippen molar-refractivity contribution < 1.29 is 23.9 Å². The Balaban J connectivity index is 4.60. The number of alkyl carbamates (subject to hydrolysis) is 1. The van der Waals surface area contributed by atoms with Crippen molar-refractivity contribution in [2.75, 3.05) is 13.1 Å². The third kappa shape index (κ3) is 15.7. The number of nitrogens with two attached hydrogens (primary N) is 1. The van der Waals surface area contributed by atoms with Gasteiger partial charge in [0.15, 0.2) is 0 Å². The molecule has 10 heteroatoms. The highest BCUT2D eigenvalue weighted by atomic mass is 16.6. The molecule has 0 bridgehead atoms. The molecule has 0 radical (unpaired) electrons. The molecule has 2 atom stereocenters. The Morgan fingerprint density at radius 1 is 1.06 bits per heavy atom. The summed E-state index contributed by atoms with van der Waals surface area (Å²) >= 11 is 0. The number of carbonyl (C=O) groups is 4. The number of aldehydes is 1. The van der Waals surface area contributed by atoms with Gasteiger partial charge in [-0.05, 0) is 40.0 Å². The number of hydrogen-bond donors (Lipinski definition) is 5. The fourth-order valence-corrected chi connectivity index (χ4v) is 2.61. The van der Waals surface area contributed by atoms with E-state index in [9.17, 15) is 19.2 Å². The van der Waals surface area contributed by atoms with E-state index < -0.39 is 35.6 Å². The molecule has 0 aromatic carbocycles. The zero-order valence-electron chi connectivity index (χ0n) is 19.2. The summed E-state index contributed by atoms with van der Waals surface area (Å²) in [5, 5.41) is 10.5. The van der Waals surface area contributed by atoms with E-state index in [2.05, 4.69) is 27.8 Å². The minimum absolute atomic E-state index is 0.304. The quantitative estimate of drug-likeness (QED) is 0.188. The van der Waals surface area contributed by atoms with Crippen LogP contribution in [0.15, 0.2) is 12.4 Å². The minimum Gasteiger partial charge on any atom is -0.444 e. The van der Waals surface area contributed by atoms with Crippen molar-refractivity contribution in [1.82, 2.24) is 21.3 Å². The van der Waals surface area contributed by atoms with Gasteiger partial charge in [0.2, 0.25) is 11.8 Å². The van der Waals surface area contributed by atoms with Gasteiger partial charge >= 0.3 is 6.09 Å². The first kappa shape index (κ1) is 28.2. The van der Waals surface area contributed by atoms with Crippen LogP contribution in [-0.2, 0) is 19.1 Å². The summed E-state index contributed by atoms with van der Waals surface area (Å²) in [4.78, 5) is 47.8.